The number of hydrogen-bond donors (Lipinski definition) is 0. The van der Waals surface area contributed by atoms with E-state index in [1.54, 1.807) is 0 Å². The van der Waals surface area contributed by atoms with Crippen molar-refractivity contribution in [3.8, 4) is 0 Å². The molecule has 13 heavy (non-hydrogen) atoms. The SMILES string of the molecule is ClC(Cc1ccccc1)C(Cl)(Cl)Cl. The highest BCUT2D eigenvalue weighted by Crippen LogP contribution is 2.35. The maximum absolute atomic E-state index is 5.90. The van der Waals surface area contributed by atoms with Crippen molar-refractivity contribution in [2.75, 3.05) is 0 Å². The van der Waals surface area contributed by atoms with Crippen molar-refractivity contribution < 1.29 is 0 Å². The molecule has 1 aromatic carbocycles. The zero-order valence-corrected chi connectivity index (χ0v) is 9.71. The van der Waals surface area contributed by atoms with Gasteiger partial charge in [-0.05, 0) is 12.0 Å². The molecule has 0 radical (unpaired) electrons. The van der Waals surface area contributed by atoms with Gasteiger partial charge in [0.2, 0.25) is 3.79 Å². The predicted octanol–water partition coefficient (Wildman–Crippen LogP) is 4.21. The van der Waals surface area contributed by atoms with Gasteiger partial charge in [-0.1, -0.05) is 65.1 Å². The number of rotatable bonds is 2. The summed E-state index contributed by atoms with van der Waals surface area (Å²) in [6.45, 7) is 0. The lowest BCUT2D eigenvalue weighted by Gasteiger charge is -2.17. The second-order valence-electron chi connectivity index (χ2n) is 2.70. The fraction of sp³-hybridized carbons (Fsp3) is 0.333. The van der Waals surface area contributed by atoms with Crippen molar-refractivity contribution >= 4 is 46.4 Å². The molecule has 0 saturated heterocycles. The fourth-order valence-electron chi connectivity index (χ4n) is 0.937. The van der Waals surface area contributed by atoms with Crippen LogP contribution in [-0.2, 0) is 6.42 Å². The second-order valence-corrected chi connectivity index (χ2v) is 5.59. The molecule has 1 aromatic rings. The van der Waals surface area contributed by atoms with Gasteiger partial charge in [-0.3, -0.25) is 0 Å². The van der Waals surface area contributed by atoms with Gasteiger partial charge in [0.1, 0.15) is 0 Å². The summed E-state index contributed by atoms with van der Waals surface area (Å²) in [5, 5.41) is -0.500. The summed E-state index contributed by atoms with van der Waals surface area (Å²) in [6.07, 6.45) is 0.554. The van der Waals surface area contributed by atoms with E-state index in [0.717, 1.165) is 5.56 Å². The molecule has 0 bridgehead atoms. The number of hydrogen-bond acceptors (Lipinski definition) is 0. The molecule has 0 saturated carbocycles. The third-order valence-corrected chi connectivity index (χ3v) is 3.22. The molecule has 0 aromatic heterocycles. The lowest BCUT2D eigenvalue weighted by molar-refractivity contribution is 0.862. The Morgan fingerprint density at radius 3 is 2.08 bits per heavy atom. The number of benzene rings is 1. The smallest absolute Gasteiger partial charge is 0.118 e. The van der Waals surface area contributed by atoms with Gasteiger partial charge in [0.15, 0.2) is 0 Å². The summed E-state index contributed by atoms with van der Waals surface area (Å²) in [5.41, 5.74) is 1.06. The third kappa shape index (κ3) is 3.95. The summed E-state index contributed by atoms with van der Waals surface area (Å²) in [7, 11) is 0. The van der Waals surface area contributed by atoms with Crippen molar-refractivity contribution in [3.05, 3.63) is 35.9 Å². The van der Waals surface area contributed by atoms with Gasteiger partial charge in [-0.25, -0.2) is 0 Å². The topological polar surface area (TPSA) is 0 Å². The molecule has 0 aliphatic rings. The van der Waals surface area contributed by atoms with Crippen LogP contribution >= 0.6 is 46.4 Å². The normalized spacial score (nSPS) is 14.2. The molecular weight excluding hydrogens is 250 g/mol. The molecule has 0 nitrogen and oxygen atoms in total. The summed E-state index contributed by atoms with van der Waals surface area (Å²) < 4.78 is -1.41. The Morgan fingerprint density at radius 2 is 1.62 bits per heavy atom. The molecule has 0 aliphatic heterocycles. The molecule has 1 rings (SSSR count). The summed E-state index contributed by atoms with van der Waals surface area (Å²) in [5.74, 6) is 0. The first kappa shape index (κ1) is 11.5. The lowest BCUT2D eigenvalue weighted by Crippen LogP contribution is -2.21. The monoisotopic (exact) mass is 256 g/mol. The Balaban J connectivity index is 2.61. The van der Waals surface area contributed by atoms with Crippen LogP contribution in [0.4, 0.5) is 0 Å². The molecule has 1 atom stereocenters. The van der Waals surface area contributed by atoms with Crippen LogP contribution in [0.15, 0.2) is 30.3 Å². The summed E-state index contributed by atoms with van der Waals surface area (Å²) in [4.78, 5) is 0. The minimum absolute atomic E-state index is 0.500. The minimum Gasteiger partial charge on any atom is -0.118 e. The van der Waals surface area contributed by atoms with Gasteiger partial charge < -0.3 is 0 Å². The first-order valence-corrected chi connectivity index (χ1v) is 5.32. The Labute approximate surface area is 97.7 Å². The molecule has 1 unspecified atom stereocenters. The average Bonchev–Trinajstić information content (AvgIpc) is 2.04. The van der Waals surface area contributed by atoms with Crippen LogP contribution in [0.1, 0.15) is 5.56 Å². The van der Waals surface area contributed by atoms with E-state index in [-0.39, 0.29) is 0 Å². The van der Waals surface area contributed by atoms with Crippen molar-refractivity contribution in [2.24, 2.45) is 0 Å². The van der Waals surface area contributed by atoms with Crippen molar-refractivity contribution in [1.82, 2.24) is 0 Å². The van der Waals surface area contributed by atoms with E-state index in [0.29, 0.717) is 6.42 Å². The van der Waals surface area contributed by atoms with E-state index in [1.807, 2.05) is 30.3 Å². The summed E-state index contributed by atoms with van der Waals surface area (Å²) in [6, 6.07) is 9.69. The van der Waals surface area contributed by atoms with Gasteiger partial charge >= 0.3 is 0 Å². The van der Waals surface area contributed by atoms with Crippen molar-refractivity contribution in [1.29, 1.82) is 0 Å². The lowest BCUT2D eigenvalue weighted by atomic mass is 10.1. The van der Waals surface area contributed by atoms with Gasteiger partial charge in [-0.15, -0.1) is 11.6 Å². The largest absolute Gasteiger partial charge is 0.207 e. The summed E-state index contributed by atoms with van der Waals surface area (Å²) >= 11 is 22.8. The van der Waals surface area contributed by atoms with Crippen molar-refractivity contribution in [3.63, 3.8) is 0 Å². The highest BCUT2D eigenvalue weighted by molar-refractivity contribution is 6.70. The molecule has 0 fully saturated rings. The van der Waals surface area contributed by atoms with E-state index in [9.17, 15) is 0 Å². The molecule has 72 valence electrons. The molecule has 0 spiro atoms. The molecule has 0 amide bonds. The Bertz CT molecular complexity index is 252. The first-order valence-electron chi connectivity index (χ1n) is 3.75. The Morgan fingerprint density at radius 1 is 1.08 bits per heavy atom. The average molecular weight is 258 g/mol. The predicted molar refractivity (Wildman–Crippen MR) is 60.1 cm³/mol. The number of alkyl halides is 4. The van der Waals surface area contributed by atoms with Gasteiger partial charge in [-0.2, -0.15) is 0 Å². The highest BCUT2D eigenvalue weighted by Gasteiger charge is 2.30. The van der Waals surface area contributed by atoms with Crippen LogP contribution in [0.5, 0.6) is 0 Å². The molecule has 4 heteroatoms. The van der Waals surface area contributed by atoms with Gasteiger partial charge in [0, 0.05) is 0 Å². The first-order chi connectivity index (χ1) is 6.00. The van der Waals surface area contributed by atoms with Crippen LogP contribution < -0.4 is 0 Å². The minimum atomic E-state index is -1.41. The maximum atomic E-state index is 5.90. The second kappa shape index (κ2) is 4.75. The van der Waals surface area contributed by atoms with E-state index in [2.05, 4.69) is 0 Å². The van der Waals surface area contributed by atoms with E-state index in [1.165, 1.54) is 0 Å². The number of halogens is 4. The van der Waals surface area contributed by atoms with Gasteiger partial charge in [0.05, 0.1) is 5.38 Å². The van der Waals surface area contributed by atoms with Crippen LogP contribution in [0.25, 0.3) is 0 Å². The fourth-order valence-corrected chi connectivity index (χ4v) is 1.35. The molecule has 0 heterocycles. The Kier molecular flexibility index (Phi) is 4.18. The molecule has 0 N–H and O–H groups in total. The zero-order valence-electron chi connectivity index (χ0n) is 6.68. The van der Waals surface area contributed by atoms with E-state index in [4.69, 9.17) is 46.4 Å². The van der Waals surface area contributed by atoms with E-state index >= 15 is 0 Å². The van der Waals surface area contributed by atoms with Gasteiger partial charge in [0.25, 0.3) is 0 Å². The highest BCUT2D eigenvalue weighted by atomic mass is 35.6. The molecular formula is C9H8Cl4. The Hall–Kier alpha value is 0.380. The van der Waals surface area contributed by atoms with Crippen LogP contribution in [0.3, 0.4) is 0 Å². The van der Waals surface area contributed by atoms with Crippen LogP contribution in [-0.4, -0.2) is 9.17 Å². The standard InChI is InChI=1S/C9H8Cl4/c10-8(9(11,12)13)6-7-4-2-1-3-5-7/h1-5,8H,6H2. The van der Waals surface area contributed by atoms with E-state index < -0.39 is 9.17 Å². The molecule has 0 aliphatic carbocycles. The maximum Gasteiger partial charge on any atom is 0.207 e. The van der Waals surface area contributed by atoms with Crippen molar-refractivity contribution in [2.45, 2.75) is 15.6 Å². The van der Waals surface area contributed by atoms with Crippen LogP contribution in [0.2, 0.25) is 0 Å². The third-order valence-electron chi connectivity index (χ3n) is 1.61. The van der Waals surface area contributed by atoms with Crippen LogP contribution in [0, 0.1) is 0 Å². The zero-order chi connectivity index (χ0) is 9.90. The quantitative estimate of drug-likeness (QED) is 0.697.